The van der Waals surface area contributed by atoms with Crippen molar-refractivity contribution in [1.82, 2.24) is 15.5 Å². The van der Waals surface area contributed by atoms with E-state index >= 15 is 0 Å². The zero-order valence-corrected chi connectivity index (χ0v) is 15.7. The number of alkyl halides is 3. The van der Waals surface area contributed by atoms with Gasteiger partial charge in [-0.2, -0.15) is 13.2 Å². The highest BCUT2D eigenvalue weighted by molar-refractivity contribution is 6.10. The first-order valence-corrected chi connectivity index (χ1v) is 8.41. The summed E-state index contributed by atoms with van der Waals surface area (Å²) >= 11 is 0. The van der Waals surface area contributed by atoms with E-state index in [4.69, 9.17) is 13.9 Å². The van der Waals surface area contributed by atoms with E-state index in [1.165, 1.54) is 38.5 Å². The average molecular weight is 427 g/mol. The molecule has 4 amide bonds. The van der Waals surface area contributed by atoms with E-state index in [1.54, 1.807) is 10.6 Å². The fraction of sp³-hybridized carbons (Fsp3) is 0.278. The number of amides is 4. The van der Waals surface area contributed by atoms with Gasteiger partial charge in [0.25, 0.3) is 17.5 Å². The molecule has 0 unspecified atom stereocenters. The van der Waals surface area contributed by atoms with Crippen molar-refractivity contribution in [1.29, 1.82) is 0 Å². The molecular weight excluding hydrogens is 411 g/mol. The molecule has 2 aromatic rings. The van der Waals surface area contributed by atoms with E-state index in [-0.39, 0.29) is 17.1 Å². The molecule has 1 fully saturated rings. The van der Waals surface area contributed by atoms with E-state index in [0.29, 0.717) is 4.90 Å². The smallest absolute Gasteiger partial charge is 0.440 e. The predicted octanol–water partition coefficient (Wildman–Crippen LogP) is 2.04. The Labute approximate surface area is 167 Å². The number of nitrogens with zero attached hydrogens (tertiary/aromatic N) is 1. The van der Waals surface area contributed by atoms with Gasteiger partial charge in [-0.15, -0.1) is 0 Å². The van der Waals surface area contributed by atoms with Crippen LogP contribution in [-0.2, 0) is 11.3 Å². The Bertz CT molecular complexity index is 976. The molecule has 0 saturated carbocycles. The third-order valence-electron chi connectivity index (χ3n) is 4.39. The third kappa shape index (κ3) is 3.40. The second-order valence-electron chi connectivity index (χ2n) is 6.15. The molecule has 1 atom stereocenters. The summed E-state index contributed by atoms with van der Waals surface area (Å²) in [6.07, 6.45) is -4.26. The van der Waals surface area contributed by atoms with Crippen LogP contribution in [0.1, 0.15) is 16.1 Å². The molecule has 0 spiro atoms. The van der Waals surface area contributed by atoms with Crippen molar-refractivity contribution in [3.05, 3.63) is 47.9 Å². The van der Waals surface area contributed by atoms with Gasteiger partial charge in [-0.25, -0.2) is 4.79 Å². The SMILES string of the molecule is COc1cccc(CN2C(=O)N[C@](NC(=O)c3ccco3)(C(F)(F)F)C2=O)c1OC. The number of nitrogens with one attached hydrogen (secondary N) is 2. The van der Waals surface area contributed by atoms with Crippen molar-refractivity contribution in [2.24, 2.45) is 0 Å². The lowest BCUT2D eigenvalue weighted by molar-refractivity contribution is -0.200. The number of hydrogen-bond donors (Lipinski definition) is 2. The van der Waals surface area contributed by atoms with Gasteiger partial charge in [0.05, 0.1) is 27.0 Å². The molecule has 2 N–H and O–H groups in total. The van der Waals surface area contributed by atoms with E-state index in [2.05, 4.69) is 0 Å². The number of carbonyl (C=O) groups is 3. The summed E-state index contributed by atoms with van der Waals surface area (Å²) in [4.78, 5) is 37.6. The van der Waals surface area contributed by atoms with E-state index in [0.717, 1.165) is 12.3 Å². The Kier molecular flexibility index (Phi) is 5.33. The average Bonchev–Trinajstić information content (AvgIpc) is 3.31. The molecule has 12 heteroatoms. The zero-order valence-electron chi connectivity index (χ0n) is 15.7. The first-order chi connectivity index (χ1) is 14.1. The summed E-state index contributed by atoms with van der Waals surface area (Å²) < 4.78 is 56.6. The summed E-state index contributed by atoms with van der Waals surface area (Å²) in [5, 5.41) is 3.10. The zero-order chi connectivity index (χ0) is 22.1. The maximum absolute atomic E-state index is 13.9. The Morgan fingerprint density at radius 1 is 1.20 bits per heavy atom. The van der Waals surface area contributed by atoms with E-state index in [9.17, 15) is 27.6 Å². The Hall–Kier alpha value is -3.70. The van der Waals surface area contributed by atoms with Crippen molar-refractivity contribution in [2.45, 2.75) is 18.4 Å². The number of ether oxygens (including phenoxy) is 2. The first-order valence-electron chi connectivity index (χ1n) is 8.41. The number of urea groups is 1. The normalized spacial score (nSPS) is 18.9. The topological polar surface area (TPSA) is 110 Å². The number of carbonyl (C=O) groups excluding carboxylic acids is 3. The lowest BCUT2D eigenvalue weighted by atomic mass is 10.1. The highest BCUT2D eigenvalue weighted by atomic mass is 19.4. The minimum Gasteiger partial charge on any atom is -0.493 e. The highest BCUT2D eigenvalue weighted by Crippen LogP contribution is 2.37. The Balaban J connectivity index is 1.95. The molecule has 3 rings (SSSR count). The molecule has 0 radical (unpaired) electrons. The number of imide groups is 1. The van der Waals surface area contributed by atoms with Crippen molar-refractivity contribution in [3.8, 4) is 11.5 Å². The van der Waals surface area contributed by atoms with Gasteiger partial charge in [0.1, 0.15) is 0 Å². The van der Waals surface area contributed by atoms with Crippen molar-refractivity contribution in [2.75, 3.05) is 14.2 Å². The Morgan fingerprint density at radius 3 is 2.50 bits per heavy atom. The van der Waals surface area contributed by atoms with Crippen molar-refractivity contribution < 1.29 is 41.4 Å². The van der Waals surface area contributed by atoms with Crippen LogP contribution in [0, 0.1) is 0 Å². The molecule has 30 heavy (non-hydrogen) atoms. The maximum atomic E-state index is 13.9. The third-order valence-corrected chi connectivity index (χ3v) is 4.39. The van der Waals surface area contributed by atoms with Crippen LogP contribution >= 0.6 is 0 Å². The number of halogens is 3. The number of para-hydroxylation sites is 1. The van der Waals surface area contributed by atoms with Gasteiger partial charge >= 0.3 is 12.2 Å². The van der Waals surface area contributed by atoms with Gasteiger partial charge in [0, 0.05) is 5.56 Å². The van der Waals surface area contributed by atoms with Crippen LogP contribution in [0.3, 0.4) is 0 Å². The lowest BCUT2D eigenvalue weighted by Gasteiger charge is -2.29. The minimum atomic E-state index is -5.34. The predicted molar refractivity (Wildman–Crippen MR) is 93.6 cm³/mol. The van der Waals surface area contributed by atoms with Crippen LogP contribution in [0.15, 0.2) is 41.0 Å². The number of benzene rings is 1. The molecule has 0 aliphatic carbocycles. The fourth-order valence-corrected chi connectivity index (χ4v) is 2.96. The van der Waals surface area contributed by atoms with Crippen molar-refractivity contribution in [3.63, 3.8) is 0 Å². The van der Waals surface area contributed by atoms with E-state index in [1.807, 2.05) is 0 Å². The van der Waals surface area contributed by atoms with Crippen molar-refractivity contribution >= 4 is 17.8 Å². The van der Waals surface area contributed by atoms with Crippen LogP contribution < -0.4 is 20.1 Å². The molecule has 1 saturated heterocycles. The second kappa shape index (κ2) is 7.61. The Morgan fingerprint density at radius 2 is 1.93 bits per heavy atom. The van der Waals surface area contributed by atoms with Gasteiger partial charge in [0.15, 0.2) is 17.3 Å². The summed E-state index contributed by atoms with van der Waals surface area (Å²) in [5.74, 6) is -3.09. The molecule has 1 aliphatic rings. The highest BCUT2D eigenvalue weighted by Gasteiger charge is 2.69. The van der Waals surface area contributed by atoms with Crippen LogP contribution in [-0.4, -0.2) is 48.8 Å². The summed E-state index contributed by atoms with van der Waals surface area (Å²) in [6, 6.07) is 5.56. The molecule has 160 valence electrons. The quantitative estimate of drug-likeness (QED) is 0.683. The summed E-state index contributed by atoms with van der Waals surface area (Å²) in [7, 11) is 2.66. The molecule has 2 heterocycles. The largest absolute Gasteiger partial charge is 0.493 e. The second-order valence-corrected chi connectivity index (χ2v) is 6.15. The van der Waals surface area contributed by atoms with Gasteiger partial charge in [-0.1, -0.05) is 12.1 Å². The lowest BCUT2D eigenvalue weighted by Crippen LogP contribution is -2.69. The van der Waals surface area contributed by atoms with Gasteiger partial charge in [-0.3, -0.25) is 19.8 Å². The van der Waals surface area contributed by atoms with Crippen LogP contribution in [0.2, 0.25) is 0 Å². The van der Waals surface area contributed by atoms with Crippen LogP contribution in [0.4, 0.5) is 18.0 Å². The fourth-order valence-electron chi connectivity index (χ4n) is 2.96. The van der Waals surface area contributed by atoms with Gasteiger partial charge < -0.3 is 19.2 Å². The molecule has 1 aliphatic heterocycles. The number of methoxy groups -OCH3 is 2. The molecular formula is C18H16F3N3O6. The monoisotopic (exact) mass is 427 g/mol. The maximum Gasteiger partial charge on any atom is 0.440 e. The molecule has 9 nitrogen and oxygen atoms in total. The van der Waals surface area contributed by atoms with Gasteiger partial charge in [-0.05, 0) is 18.2 Å². The van der Waals surface area contributed by atoms with E-state index < -0.39 is 42.0 Å². The van der Waals surface area contributed by atoms with Gasteiger partial charge in [0.2, 0.25) is 0 Å². The number of hydrogen-bond acceptors (Lipinski definition) is 6. The van der Waals surface area contributed by atoms with Crippen LogP contribution in [0.5, 0.6) is 11.5 Å². The summed E-state index contributed by atoms with van der Waals surface area (Å²) in [6.45, 7) is -0.556. The standard InChI is InChI=1S/C18H16F3N3O6/c1-28-11-6-3-5-10(13(11)29-2)9-24-15(26)17(18(19,20)21,23-16(24)27)22-14(25)12-7-4-8-30-12/h3-8H,9H2,1-2H3,(H,22,25)(H,23,27)/t17-/m0/s1. The number of furan rings is 1. The first kappa shape index (κ1) is 21.0. The molecule has 1 aromatic carbocycles. The summed E-state index contributed by atoms with van der Waals surface area (Å²) in [5.41, 5.74) is -3.43. The minimum absolute atomic E-state index is 0.143. The molecule has 0 bridgehead atoms. The molecule has 1 aromatic heterocycles. The number of rotatable bonds is 6. The van der Waals surface area contributed by atoms with Crippen LogP contribution in [0.25, 0.3) is 0 Å².